The van der Waals surface area contributed by atoms with Crippen molar-refractivity contribution < 1.29 is 13.8 Å². The lowest BCUT2D eigenvalue weighted by Crippen LogP contribution is -2.43. The van der Waals surface area contributed by atoms with Crippen LogP contribution in [0.3, 0.4) is 0 Å². The first-order valence-corrected chi connectivity index (χ1v) is 16.4. The number of halogens is 2. The fourth-order valence-electron chi connectivity index (χ4n) is 6.15. The molecule has 1 unspecified atom stereocenters. The topological polar surface area (TPSA) is 85.5 Å². The lowest BCUT2D eigenvalue weighted by atomic mass is 10.0. The molecule has 3 aliphatic rings. The monoisotopic (exact) mass is 624 g/mol. The van der Waals surface area contributed by atoms with E-state index in [1.807, 2.05) is 18.7 Å². The minimum atomic E-state index is -1.44. The largest absolute Gasteiger partial charge is 0.358 e. The Morgan fingerprint density at radius 2 is 1.88 bits per heavy atom. The van der Waals surface area contributed by atoms with E-state index in [9.17, 15) is 13.8 Å². The number of hydrogen-bond donors (Lipinski definition) is 2. The third-order valence-electron chi connectivity index (χ3n) is 8.66. The SMILES string of the molecule is Cc1[nH]c(C=C2C(=O)Nc3ccc(S(=O)Cc4c(Cl)cccc4Cl)cc32)c(C)c1C(=O)N1CCC[C@H]1CN(C)C1CC1. The van der Waals surface area contributed by atoms with Crippen molar-refractivity contribution in [3.8, 4) is 0 Å². The molecular formula is C32H34Cl2N4O3S. The molecule has 6 rings (SSSR count). The standard InChI is InChI=1S/C32H34Cl2N4O3S/c1-18-29(35-19(2)30(18)32(40)38-13-5-6-21(38)16-37(3)20-9-10-20)15-24-23-14-22(11-12-28(23)36-31(24)39)42(41)17-25-26(33)7-4-8-27(25)34/h4,7-8,11-12,14-15,20-21,35H,5-6,9-10,13,16-17H2,1-3H3,(H,36,39)/t21-,42?/m0/s1. The fourth-order valence-corrected chi connectivity index (χ4v) is 8.05. The van der Waals surface area contributed by atoms with E-state index in [1.165, 1.54) is 12.8 Å². The molecule has 0 bridgehead atoms. The highest BCUT2D eigenvalue weighted by Gasteiger charge is 2.35. The Balaban J connectivity index is 1.27. The molecule has 2 atom stereocenters. The molecule has 10 heteroatoms. The second-order valence-corrected chi connectivity index (χ2v) is 13.8. The van der Waals surface area contributed by atoms with Crippen LogP contribution in [0.15, 0.2) is 41.3 Å². The van der Waals surface area contributed by atoms with Crippen molar-refractivity contribution in [1.82, 2.24) is 14.8 Å². The maximum Gasteiger partial charge on any atom is 0.256 e. The molecule has 2 aliphatic heterocycles. The first-order chi connectivity index (χ1) is 20.1. The van der Waals surface area contributed by atoms with Gasteiger partial charge in [0.1, 0.15) is 0 Å². The van der Waals surface area contributed by atoms with E-state index in [1.54, 1.807) is 42.5 Å². The van der Waals surface area contributed by atoms with Crippen LogP contribution in [-0.2, 0) is 21.3 Å². The molecule has 3 aromatic rings. The highest BCUT2D eigenvalue weighted by Crippen LogP contribution is 2.37. The lowest BCUT2D eigenvalue weighted by molar-refractivity contribution is -0.110. The van der Waals surface area contributed by atoms with E-state index in [-0.39, 0.29) is 23.6 Å². The molecule has 0 spiro atoms. The van der Waals surface area contributed by atoms with Crippen molar-refractivity contribution >= 4 is 63.2 Å². The van der Waals surface area contributed by atoms with E-state index < -0.39 is 10.8 Å². The number of hydrogen-bond acceptors (Lipinski definition) is 4. The Hall–Kier alpha value is -2.91. The Bertz CT molecular complexity index is 1620. The summed E-state index contributed by atoms with van der Waals surface area (Å²) in [6.45, 7) is 5.50. The molecule has 2 fully saturated rings. The number of aromatic nitrogens is 1. The summed E-state index contributed by atoms with van der Waals surface area (Å²) in [5, 5.41) is 3.84. The van der Waals surface area contributed by atoms with Gasteiger partial charge in [0.15, 0.2) is 0 Å². The first-order valence-electron chi connectivity index (χ1n) is 14.3. The van der Waals surface area contributed by atoms with Gasteiger partial charge in [-0.25, -0.2) is 0 Å². The normalized spacial score (nSPS) is 20.0. The number of carbonyl (C=O) groups is 2. The maximum absolute atomic E-state index is 13.8. The molecule has 2 N–H and O–H groups in total. The van der Waals surface area contributed by atoms with Crippen LogP contribution in [0, 0.1) is 13.8 Å². The Labute approximate surface area is 258 Å². The molecule has 3 heterocycles. The number of rotatable bonds is 8. The lowest BCUT2D eigenvalue weighted by Gasteiger charge is -2.29. The van der Waals surface area contributed by atoms with Crippen LogP contribution in [0.4, 0.5) is 5.69 Å². The number of nitrogens with one attached hydrogen (secondary N) is 2. The smallest absolute Gasteiger partial charge is 0.256 e. The van der Waals surface area contributed by atoms with E-state index in [0.29, 0.717) is 54.6 Å². The van der Waals surface area contributed by atoms with Crippen molar-refractivity contribution in [2.24, 2.45) is 0 Å². The van der Waals surface area contributed by atoms with Crippen molar-refractivity contribution in [2.75, 3.05) is 25.5 Å². The van der Waals surface area contributed by atoms with E-state index in [2.05, 4.69) is 22.2 Å². The van der Waals surface area contributed by atoms with Crippen LogP contribution in [0.25, 0.3) is 11.6 Å². The van der Waals surface area contributed by atoms with Gasteiger partial charge in [-0.2, -0.15) is 0 Å². The molecule has 7 nitrogen and oxygen atoms in total. The fraction of sp³-hybridized carbons (Fsp3) is 0.375. The average molecular weight is 626 g/mol. The summed E-state index contributed by atoms with van der Waals surface area (Å²) < 4.78 is 13.3. The van der Waals surface area contributed by atoms with Gasteiger partial charge in [-0.1, -0.05) is 29.3 Å². The van der Waals surface area contributed by atoms with Crippen LogP contribution in [-0.4, -0.2) is 63.0 Å². The second-order valence-electron chi connectivity index (χ2n) is 11.5. The molecule has 1 aliphatic carbocycles. The van der Waals surface area contributed by atoms with Crippen LogP contribution < -0.4 is 5.32 Å². The number of fused-ring (bicyclic) bond motifs is 1. The summed E-state index contributed by atoms with van der Waals surface area (Å²) in [5.41, 5.74) is 5.39. The molecule has 220 valence electrons. The number of benzene rings is 2. The maximum atomic E-state index is 13.8. The minimum Gasteiger partial charge on any atom is -0.358 e. The van der Waals surface area contributed by atoms with Crippen LogP contribution in [0.2, 0.25) is 10.0 Å². The van der Waals surface area contributed by atoms with E-state index in [0.717, 1.165) is 37.2 Å². The quantitative estimate of drug-likeness (QED) is 0.283. The van der Waals surface area contributed by atoms with Crippen LogP contribution in [0.1, 0.15) is 64.1 Å². The number of likely N-dealkylation sites (N-methyl/N-ethyl adjacent to an activating group) is 1. The molecule has 0 radical (unpaired) electrons. The predicted molar refractivity (Wildman–Crippen MR) is 169 cm³/mol. The summed E-state index contributed by atoms with van der Waals surface area (Å²) >= 11 is 12.6. The zero-order valence-electron chi connectivity index (χ0n) is 23.9. The van der Waals surface area contributed by atoms with Gasteiger partial charge in [0.25, 0.3) is 11.8 Å². The number of aromatic amines is 1. The Morgan fingerprint density at radius 1 is 1.14 bits per heavy atom. The summed E-state index contributed by atoms with van der Waals surface area (Å²) in [4.78, 5) is 35.2. The van der Waals surface area contributed by atoms with Crippen LogP contribution in [0.5, 0.6) is 0 Å². The van der Waals surface area contributed by atoms with Gasteiger partial charge in [-0.3, -0.25) is 13.8 Å². The van der Waals surface area contributed by atoms with Gasteiger partial charge < -0.3 is 20.1 Å². The first kappa shape index (κ1) is 29.2. The van der Waals surface area contributed by atoms with Gasteiger partial charge in [0.2, 0.25) is 0 Å². The second kappa shape index (κ2) is 11.6. The number of amides is 2. The molecule has 42 heavy (non-hydrogen) atoms. The van der Waals surface area contributed by atoms with Crippen molar-refractivity contribution in [3.05, 3.63) is 80.1 Å². The molecule has 1 saturated carbocycles. The summed E-state index contributed by atoms with van der Waals surface area (Å²) in [6.07, 6.45) is 6.31. The molecular weight excluding hydrogens is 591 g/mol. The van der Waals surface area contributed by atoms with E-state index >= 15 is 0 Å². The highest BCUT2D eigenvalue weighted by atomic mass is 35.5. The van der Waals surface area contributed by atoms with Gasteiger partial charge in [0, 0.05) is 68.3 Å². The van der Waals surface area contributed by atoms with Crippen molar-refractivity contribution in [2.45, 2.75) is 62.3 Å². The number of carbonyl (C=O) groups excluding carboxylic acids is 2. The van der Waals surface area contributed by atoms with Gasteiger partial charge >= 0.3 is 0 Å². The summed E-state index contributed by atoms with van der Waals surface area (Å²) in [5.74, 6) is -0.0411. The van der Waals surface area contributed by atoms with Gasteiger partial charge in [-0.15, -0.1) is 0 Å². The zero-order valence-corrected chi connectivity index (χ0v) is 26.3. The Kier molecular flexibility index (Phi) is 8.09. The van der Waals surface area contributed by atoms with E-state index in [4.69, 9.17) is 23.2 Å². The summed E-state index contributed by atoms with van der Waals surface area (Å²) in [7, 11) is 0.724. The molecule has 1 aromatic heterocycles. The minimum absolute atomic E-state index is 0.0461. The van der Waals surface area contributed by atoms with Gasteiger partial charge in [0.05, 0.1) is 27.7 Å². The number of anilines is 1. The predicted octanol–water partition coefficient (Wildman–Crippen LogP) is 6.44. The van der Waals surface area contributed by atoms with Crippen molar-refractivity contribution in [1.29, 1.82) is 0 Å². The molecule has 2 aromatic carbocycles. The number of H-pyrrole nitrogens is 1. The van der Waals surface area contributed by atoms with Crippen molar-refractivity contribution in [3.63, 3.8) is 0 Å². The zero-order chi connectivity index (χ0) is 29.7. The third kappa shape index (κ3) is 5.57. The highest BCUT2D eigenvalue weighted by molar-refractivity contribution is 7.84. The summed E-state index contributed by atoms with van der Waals surface area (Å²) in [6, 6.07) is 11.4. The molecule has 1 saturated heterocycles. The number of likely N-dealkylation sites (tertiary alicyclic amines) is 1. The number of aryl methyl sites for hydroxylation is 1. The van der Waals surface area contributed by atoms with Crippen LogP contribution >= 0.6 is 23.2 Å². The third-order valence-corrected chi connectivity index (χ3v) is 10.7. The average Bonchev–Trinajstić information content (AvgIpc) is 3.55. The van der Waals surface area contributed by atoms with Gasteiger partial charge in [-0.05, 0) is 88.5 Å². The Morgan fingerprint density at radius 3 is 2.60 bits per heavy atom. The number of nitrogens with zero attached hydrogens (tertiary/aromatic N) is 2. The molecule has 2 amide bonds.